The van der Waals surface area contributed by atoms with Gasteiger partial charge in [0.1, 0.15) is 5.52 Å². The summed E-state index contributed by atoms with van der Waals surface area (Å²) in [6.07, 6.45) is 3.50. The van der Waals surface area contributed by atoms with Crippen LogP contribution in [0.1, 0.15) is 30.7 Å². The molecule has 3 aromatic rings. The first-order valence-electron chi connectivity index (χ1n) is 10.5. The van der Waals surface area contributed by atoms with E-state index in [-0.39, 0.29) is 18.9 Å². The molecule has 0 radical (unpaired) electrons. The SMILES string of the molecule is O=C(CCc1nc2ccccc2o1)OCC(=O)N1CCC(Cc2ccccc2)CC1. The van der Waals surface area contributed by atoms with E-state index >= 15 is 0 Å². The Kier molecular flexibility index (Phi) is 6.42. The third-order valence-electron chi connectivity index (χ3n) is 5.57. The Balaban J connectivity index is 1.16. The van der Waals surface area contributed by atoms with Crippen molar-refractivity contribution in [2.24, 2.45) is 5.92 Å². The molecule has 6 heteroatoms. The molecular weight excluding hydrogens is 380 g/mol. The molecule has 0 unspecified atom stereocenters. The third kappa shape index (κ3) is 5.26. The van der Waals surface area contributed by atoms with Gasteiger partial charge < -0.3 is 14.1 Å². The van der Waals surface area contributed by atoms with Crippen LogP contribution in [0.15, 0.2) is 59.0 Å². The van der Waals surface area contributed by atoms with Gasteiger partial charge in [-0.2, -0.15) is 0 Å². The number of oxazole rings is 1. The Hall–Kier alpha value is -3.15. The number of fused-ring (bicyclic) bond motifs is 1. The zero-order valence-corrected chi connectivity index (χ0v) is 17.0. The lowest BCUT2D eigenvalue weighted by Gasteiger charge is -2.32. The predicted molar refractivity (Wildman–Crippen MR) is 113 cm³/mol. The van der Waals surface area contributed by atoms with Gasteiger partial charge in [-0.25, -0.2) is 4.98 Å². The van der Waals surface area contributed by atoms with Crippen LogP contribution in [0.25, 0.3) is 11.1 Å². The van der Waals surface area contributed by atoms with Crippen LogP contribution >= 0.6 is 0 Å². The van der Waals surface area contributed by atoms with E-state index in [2.05, 4.69) is 29.2 Å². The van der Waals surface area contributed by atoms with Crippen LogP contribution in [0.4, 0.5) is 0 Å². The average Bonchev–Trinajstić information content (AvgIpc) is 3.20. The summed E-state index contributed by atoms with van der Waals surface area (Å²) in [6.45, 7) is 1.24. The molecule has 1 saturated heterocycles. The minimum absolute atomic E-state index is 0.122. The molecule has 156 valence electrons. The fourth-order valence-corrected chi connectivity index (χ4v) is 3.88. The monoisotopic (exact) mass is 406 g/mol. The number of benzene rings is 2. The molecule has 0 N–H and O–H groups in total. The maximum Gasteiger partial charge on any atom is 0.306 e. The second-order valence-electron chi connectivity index (χ2n) is 7.75. The minimum atomic E-state index is -0.412. The van der Waals surface area contributed by atoms with E-state index in [0.29, 0.717) is 23.8 Å². The predicted octanol–water partition coefficient (Wildman–Crippen LogP) is 3.78. The number of piperidine rings is 1. The summed E-state index contributed by atoms with van der Waals surface area (Å²) >= 11 is 0. The smallest absolute Gasteiger partial charge is 0.306 e. The third-order valence-corrected chi connectivity index (χ3v) is 5.57. The van der Waals surface area contributed by atoms with Crippen LogP contribution in [0.3, 0.4) is 0 Å². The van der Waals surface area contributed by atoms with Gasteiger partial charge in [0.15, 0.2) is 18.1 Å². The molecule has 0 atom stereocenters. The number of hydrogen-bond acceptors (Lipinski definition) is 5. The zero-order valence-electron chi connectivity index (χ0n) is 17.0. The number of para-hydroxylation sites is 2. The molecule has 1 aliphatic rings. The topological polar surface area (TPSA) is 72.6 Å². The molecule has 0 bridgehead atoms. The van der Waals surface area contributed by atoms with Gasteiger partial charge in [0.2, 0.25) is 0 Å². The summed E-state index contributed by atoms with van der Waals surface area (Å²) in [7, 11) is 0. The number of aromatic nitrogens is 1. The lowest BCUT2D eigenvalue weighted by Crippen LogP contribution is -2.41. The quantitative estimate of drug-likeness (QED) is 0.558. The highest BCUT2D eigenvalue weighted by Gasteiger charge is 2.23. The van der Waals surface area contributed by atoms with E-state index < -0.39 is 5.97 Å². The van der Waals surface area contributed by atoms with E-state index in [1.165, 1.54) is 5.56 Å². The molecule has 0 saturated carbocycles. The van der Waals surface area contributed by atoms with Crippen LogP contribution in [-0.4, -0.2) is 41.5 Å². The minimum Gasteiger partial charge on any atom is -0.456 e. The van der Waals surface area contributed by atoms with E-state index in [9.17, 15) is 9.59 Å². The fourth-order valence-electron chi connectivity index (χ4n) is 3.88. The highest BCUT2D eigenvalue weighted by atomic mass is 16.5. The van der Waals surface area contributed by atoms with E-state index in [4.69, 9.17) is 9.15 Å². The molecular formula is C24H26N2O4. The largest absolute Gasteiger partial charge is 0.456 e. The van der Waals surface area contributed by atoms with Gasteiger partial charge in [-0.15, -0.1) is 0 Å². The number of nitrogens with zero attached hydrogens (tertiary/aromatic N) is 2. The van der Waals surface area contributed by atoms with Crippen molar-refractivity contribution in [2.45, 2.75) is 32.1 Å². The molecule has 2 heterocycles. The zero-order chi connectivity index (χ0) is 20.8. The van der Waals surface area contributed by atoms with Crippen molar-refractivity contribution >= 4 is 23.0 Å². The molecule has 1 aromatic heterocycles. The molecule has 1 fully saturated rings. The number of esters is 1. The van der Waals surface area contributed by atoms with Gasteiger partial charge in [0.25, 0.3) is 5.91 Å². The maximum absolute atomic E-state index is 12.4. The number of amides is 1. The molecule has 2 aromatic carbocycles. The highest BCUT2D eigenvalue weighted by molar-refractivity contribution is 5.80. The molecule has 0 spiro atoms. The molecule has 4 rings (SSSR count). The summed E-state index contributed by atoms with van der Waals surface area (Å²) < 4.78 is 10.8. The molecule has 1 aliphatic heterocycles. The summed E-state index contributed by atoms with van der Waals surface area (Å²) in [5.41, 5.74) is 2.81. The van der Waals surface area contributed by atoms with Crippen molar-refractivity contribution in [1.82, 2.24) is 9.88 Å². The van der Waals surface area contributed by atoms with Crippen molar-refractivity contribution in [3.05, 3.63) is 66.1 Å². The van der Waals surface area contributed by atoms with Gasteiger partial charge in [0, 0.05) is 19.5 Å². The second-order valence-corrected chi connectivity index (χ2v) is 7.75. The van der Waals surface area contributed by atoms with Crippen molar-refractivity contribution in [3.63, 3.8) is 0 Å². The summed E-state index contributed by atoms with van der Waals surface area (Å²) in [6, 6.07) is 17.9. The van der Waals surface area contributed by atoms with E-state index in [1.807, 2.05) is 30.3 Å². The van der Waals surface area contributed by atoms with Crippen LogP contribution in [0.2, 0.25) is 0 Å². The summed E-state index contributed by atoms with van der Waals surface area (Å²) in [5, 5.41) is 0. The maximum atomic E-state index is 12.4. The lowest BCUT2D eigenvalue weighted by molar-refractivity contribution is -0.152. The van der Waals surface area contributed by atoms with Gasteiger partial charge in [0.05, 0.1) is 6.42 Å². The van der Waals surface area contributed by atoms with Crippen LogP contribution in [0.5, 0.6) is 0 Å². The average molecular weight is 406 g/mol. The number of carbonyl (C=O) groups excluding carboxylic acids is 2. The standard InChI is InChI=1S/C24H26N2O4/c27-23(26-14-12-19(13-15-26)16-18-6-2-1-3-7-18)17-29-24(28)11-10-22-25-20-8-4-5-9-21(20)30-22/h1-9,19H,10-17H2. The van der Waals surface area contributed by atoms with Gasteiger partial charge in [-0.1, -0.05) is 42.5 Å². The first-order chi connectivity index (χ1) is 14.7. The van der Waals surface area contributed by atoms with Crippen molar-refractivity contribution in [2.75, 3.05) is 19.7 Å². The Labute approximate surface area is 175 Å². The Morgan fingerprint density at radius 3 is 2.53 bits per heavy atom. The summed E-state index contributed by atoms with van der Waals surface area (Å²) in [5.74, 6) is 0.559. The molecule has 1 amide bonds. The number of rotatable bonds is 7. The van der Waals surface area contributed by atoms with Crippen LogP contribution < -0.4 is 0 Å². The van der Waals surface area contributed by atoms with E-state index in [1.54, 1.807) is 4.90 Å². The van der Waals surface area contributed by atoms with Crippen molar-refractivity contribution < 1.29 is 18.7 Å². The van der Waals surface area contributed by atoms with Crippen molar-refractivity contribution in [3.8, 4) is 0 Å². The number of ether oxygens (including phenoxy) is 1. The number of hydrogen-bond donors (Lipinski definition) is 0. The molecule has 30 heavy (non-hydrogen) atoms. The fraction of sp³-hybridized carbons (Fsp3) is 0.375. The lowest BCUT2D eigenvalue weighted by atomic mass is 9.90. The Bertz CT molecular complexity index is 958. The van der Waals surface area contributed by atoms with Crippen LogP contribution in [0, 0.1) is 5.92 Å². The van der Waals surface area contributed by atoms with Crippen LogP contribution in [-0.2, 0) is 27.2 Å². The van der Waals surface area contributed by atoms with Gasteiger partial charge in [-0.05, 0) is 42.9 Å². The second kappa shape index (κ2) is 9.57. The Morgan fingerprint density at radius 2 is 1.77 bits per heavy atom. The van der Waals surface area contributed by atoms with Gasteiger partial charge >= 0.3 is 5.97 Å². The molecule has 0 aliphatic carbocycles. The number of carbonyl (C=O) groups is 2. The Morgan fingerprint density at radius 1 is 1.03 bits per heavy atom. The first-order valence-corrected chi connectivity index (χ1v) is 10.5. The normalized spacial score (nSPS) is 14.7. The van der Waals surface area contributed by atoms with Gasteiger partial charge in [-0.3, -0.25) is 9.59 Å². The highest BCUT2D eigenvalue weighted by Crippen LogP contribution is 2.22. The first kappa shape index (κ1) is 20.1. The number of aryl methyl sites for hydroxylation is 1. The number of likely N-dealkylation sites (tertiary alicyclic amines) is 1. The summed E-state index contributed by atoms with van der Waals surface area (Å²) in [4.78, 5) is 30.5. The van der Waals surface area contributed by atoms with E-state index in [0.717, 1.165) is 37.9 Å². The molecule has 6 nitrogen and oxygen atoms in total. The van der Waals surface area contributed by atoms with Crippen molar-refractivity contribution in [1.29, 1.82) is 0 Å².